The van der Waals surface area contributed by atoms with Gasteiger partial charge in [-0.25, -0.2) is 4.39 Å². The number of phenolic OH excluding ortho intramolecular Hbond substituents is 1. The first-order valence-corrected chi connectivity index (χ1v) is 18.4. The molecule has 0 radical (unpaired) electrons. The molecule has 6 nitrogen and oxygen atoms in total. The quantitative estimate of drug-likeness (QED) is 0.156. The second-order valence-corrected chi connectivity index (χ2v) is 15.3. The topological polar surface area (TPSA) is 91.4 Å². The third-order valence-electron chi connectivity index (χ3n) is 12.6. The standard InChI is InChI=1S/C42H47FN2O4/c1-42-19-18-31-30-15-13-29(46)21-27(30)12-14-32(31)35(42)16-17-38(42)49-20-3-2-7-39(48)44-24-25-8-10-26(11-9-25)41-33-5-4-6-37(47)34-22-28(43)23-36(45-41)40(33)34/h8-11,13,15,21-23,31-32,35,38,45-46H,2-7,12,14,16-20,24H2,1H3,(H,44,48)/t31-,32-,35+,38+,42+/m1/s1. The summed E-state index contributed by atoms with van der Waals surface area (Å²) in [7, 11) is 0. The minimum absolute atomic E-state index is 0.00135. The number of amides is 1. The predicted octanol–water partition coefficient (Wildman–Crippen LogP) is 8.93. The van der Waals surface area contributed by atoms with Crippen molar-refractivity contribution in [1.29, 1.82) is 0 Å². The van der Waals surface area contributed by atoms with E-state index in [0.29, 0.717) is 66.7 Å². The molecular weight excluding hydrogens is 615 g/mol. The fourth-order valence-corrected chi connectivity index (χ4v) is 10.1. The summed E-state index contributed by atoms with van der Waals surface area (Å²) < 4.78 is 20.8. The smallest absolute Gasteiger partial charge is 0.220 e. The molecule has 256 valence electrons. The van der Waals surface area contributed by atoms with Crippen LogP contribution in [0.15, 0.2) is 54.6 Å². The number of aryl methyl sites for hydroxylation is 2. The lowest BCUT2D eigenvalue weighted by atomic mass is 9.55. The number of benzene rings is 3. The number of ether oxygens (including phenoxy) is 1. The largest absolute Gasteiger partial charge is 0.508 e. The van der Waals surface area contributed by atoms with E-state index in [0.717, 1.165) is 66.3 Å². The van der Waals surface area contributed by atoms with Crippen LogP contribution in [-0.2, 0) is 28.9 Å². The van der Waals surface area contributed by atoms with Gasteiger partial charge in [0, 0.05) is 48.2 Å². The van der Waals surface area contributed by atoms with E-state index < -0.39 is 5.82 Å². The number of rotatable bonds is 9. The van der Waals surface area contributed by atoms with Crippen molar-refractivity contribution in [3.8, 4) is 17.0 Å². The van der Waals surface area contributed by atoms with E-state index in [1.54, 1.807) is 0 Å². The number of H-pyrrole nitrogens is 1. The van der Waals surface area contributed by atoms with Crippen molar-refractivity contribution in [3.05, 3.63) is 88.2 Å². The van der Waals surface area contributed by atoms with Gasteiger partial charge in [-0.2, -0.15) is 0 Å². The van der Waals surface area contributed by atoms with Crippen molar-refractivity contribution in [2.75, 3.05) is 6.61 Å². The van der Waals surface area contributed by atoms with Gasteiger partial charge >= 0.3 is 0 Å². The van der Waals surface area contributed by atoms with Crippen molar-refractivity contribution >= 4 is 22.6 Å². The highest BCUT2D eigenvalue weighted by Crippen LogP contribution is 2.61. The van der Waals surface area contributed by atoms with Gasteiger partial charge < -0.3 is 20.1 Å². The van der Waals surface area contributed by atoms with Gasteiger partial charge in [-0.1, -0.05) is 37.3 Å². The average Bonchev–Trinajstić information content (AvgIpc) is 3.57. The highest BCUT2D eigenvalue weighted by Gasteiger charge is 2.55. The number of nitrogens with one attached hydrogen (secondary N) is 2. The van der Waals surface area contributed by atoms with Crippen LogP contribution in [0.1, 0.15) is 110 Å². The van der Waals surface area contributed by atoms with E-state index >= 15 is 0 Å². The van der Waals surface area contributed by atoms with Gasteiger partial charge in [0.2, 0.25) is 5.91 Å². The summed E-state index contributed by atoms with van der Waals surface area (Å²) in [6.45, 7) is 3.64. The van der Waals surface area contributed by atoms with E-state index in [9.17, 15) is 19.1 Å². The summed E-state index contributed by atoms with van der Waals surface area (Å²) in [4.78, 5) is 28.7. The molecule has 3 N–H and O–H groups in total. The molecular formula is C42H47FN2O4. The zero-order valence-corrected chi connectivity index (χ0v) is 28.5. The van der Waals surface area contributed by atoms with Crippen LogP contribution in [0.4, 0.5) is 4.39 Å². The lowest BCUT2D eigenvalue weighted by Gasteiger charge is -2.50. The predicted molar refractivity (Wildman–Crippen MR) is 189 cm³/mol. The summed E-state index contributed by atoms with van der Waals surface area (Å²) in [5.74, 6) is 2.06. The van der Waals surface area contributed by atoms with Crippen molar-refractivity contribution in [1.82, 2.24) is 10.3 Å². The Morgan fingerprint density at radius 2 is 1.88 bits per heavy atom. The number of ketones is 1. The molecule has 8 rings (SSSR count). The molecule has 0 aliphatic heterocycles. The number of unbranched alkanes of at least 4 members (excludes halogenated alkanes) is 1. The third kappa shape index (κ3) is 5.98. The molecule has 1 aromatic heterocycles. The number of aromatic amines is 1. The molecule has 7 heteroatoms. The molecule has 4 aliphatic rings. The van der Waals surface area contributed by atoms with Crippen molar-refractivity contribution in [2.45, 2.75) is 103 Å². The number of aromatic nitrogens is 1. The van der Waals surface area contributed by atoms with E-state index in [2.05, 4.69) is 23.3 Å². The number of phenols is 1. The third-order valence-corrected chi connectivity index (χ3v) is 12.6. The molecule has 4 aliphatic carbocycles. The van der Waals surface area contributed by atoms with Crippen LogP contribution >= 0.6 is 0 Å². The van der Waals surface area contributed by atoms with Gasteiger partial charge in [-0.05, 0) is 139 Å². The van der Waals surface area contributed by atoms with Crippen LogP contribution in [0.2, 0.25) is 0 Å². The number of hydrogen-bond donors (Lipinski definition) is 3. The van der Waals surface area contributed by atoms with E-state index in [-0.39, 0.29) is 17.1 Å². The van der Waals surface area contributed by atoms with Gasteiger partial charge in [0.15, 0.2) is 5.78 Å². The molecule has 0 saturated heterocycles. The number of carbonyl (C=O) groups excluding carboxylic acids is 2. The molecule has 0 unspecified atom stereocenters. The number of Topliss-reactive ketones (excluding diaryl/α,β-unsaturated/α-hetero) is 1. The van der Waals surface area contributed by atoms with Crippen molar-refractivity contribution < 1.29 is 23.8 Å². The van der Waals surface area contributed by atoms with Crippen LogP contribution in [0, 0.1) is 23.1 Å². The normalized spacial score (nSPS) is 25.8. The zero-order valence-electron chi connectivity index (χ0n) is 28.5. The second-order valence-electron chi connectivity index (χ2n) is 15.3. The number of halogens is 1. The Bertz CT molecular complexity index is 1900. The lowest BCUT2D eigenvalue weighted by Crippen LogP contribution is -2.44. The minimum Gasteiger partial charge on any atom is -0.508 e. The van der Waals surface area contributed by atoms with Crippen LogP contribution in [0.5, 0.6) is 5.75 Å². The highest BCUT2D eigenvalue weighted by molar-refractivity contribution is 6.11. The molecule has 1 amide bonds. The molecule has 0 bridgehead atoms. The molecule has 0 spiro atoms. The first kappa shape index (κ1) is 32.2. The Kier molecular flexibility index (Phi) is 8.59. The number of carbonyl (C=O) groups is 2. The summed E-state index contributed by atoms with van der Waals surface area (Å²) in [5, 5.41) is 13.9. The number of hydrogen-bond acceptors (Lipinski definition) is 4. The summed E-state index contributed by atoms with van der Waals surface area (Å²) in [5.41, 5.74) is 8.21. The molecule has 3 aromatic carbocycles. The summed E-state index contributed by atoms with van der Waals surface area (Å²) >= 11 is 0. The Morgan fingerprint density at radius 3 is 2.73 bits per heavy atom. The first-order chi connectivity index (χ1) is 23.8. The molecule has 2 saturated carbocycles. The maximum atomic E-state index is 14.3. The number of aromatic hydroxyl groups is 1. The van der Waals surface area contributed by atoms with Gasteiger partial charge in [-0.3, -0.25) is 9.59 Å². The summed E-state index contributed by atoms with van der Waals surface area (Å²) in [6.07, 6.45) is 11.5. The maximum absolute atomic E-state index is 14.3. The highest BCUT2D eigenvalue weighted by atomic mass is 19.1. The molecule has 2 fully saturated rings. The van der Waals surface area contributed by atoms with Gasteiger partial charge in [0.25, 0.3) is 0 Å². The molecule has 5 atom stereocenters. The molecule has 49 heavy (non-hydrogen) atoms. The second kappa shape index (κ2) is 13.1. The van der Waals surface area contributed by atoms with Crippen LogP contribution in [0.3, 0.4) is 0 Å². The monoisotopic (exact) mass is 662 g/mol. The lowest BCUT2D eigenvalue weighted by molar-refractivity contribution is -0.121. The van der Waals surface area contributed by atoms with Crippen LogP contribution < -0.4 is 5.32 Å². The van der Waals surface area contributed by atoms with Crippen molar-refractivity contribution in [3.63, 3.8) is 0 Å². The number of fused-ring (bicyclic) bond motifs is 5. The Morgan fingerprint density at radius 1 is 1.02 bits per heavy atom. The molecule has 1 heterocycles. The minimum atomic E-state index is -0.398. The van der Waals surface area contributed by atoms with Crippen LogP contribution in [-0.4, -0.2) is 34.5 Å². The Hall–Kier alpha value is -3.97. The van der Waals surface area contributed by atoms with Gasteiger partial charge in [0.1, 0.15) is 11.6 Å². The zero-order chi connectivity index (χ0) is 33.7. The first-order valence-electron chi connectivity index (χ1n) is 18.4. The SMILES string of the molecule is C[C@]12CC[C@@H]3c4ccc(O)cc4CC[C@H]3[C@@H]1CC[C@@H]2OCCCCC(=O)NCc1ccc(-c2[nH]c3cc(F)cc4c3c2CCCC4=O)cc1. The van der Waals surface area contributed by atoms with Gasteiger partial charge in [-0.15, -0.1) is 0 Å². The van der Waals surface area contributed by atoms with Crippen molar-refractivity contribution in [2.24, 2.45) is 17.3 Å². The van der Waals surface area contributed by atoms with Crippen LogP contribution in [0.25, 0.3) is 22.2 Å². The Balaban J connectivity index is 0.797. The fraction of sp³-hybridized carbons (Fsp3) is 0.476. The van der Waals surface area contributed by atoms with E-state index in [1.165, 1.54) is 48.9 Å². The maximum Gasteiger partial charge on any atom is 0.220 e. The molecule has 4 aromatic rings. The Labute approximate surface area is 287 Å². The van der Waals surface area contributed by atoms with E-state index in [1.807, 2.05) is 36.4 Å². The van der Waals surface area contributed by atoms with E-state index in [4.69, 9.17) is 4.74 Å². The fourth-order valence-electron chi connectivity index (χ4n) is 10.1. The van der Waals surface area contributed by atoms with Gasteiger partial charge in [0.05, 0.1) is 6.10 Å². The average molecular weight is 663 g/mol. The summed E-state index contributed by atoms with van der Waals surface area (Å²) in [6, 6.07) is 17.0.